The van der Waals surface area contributed by atoms with Crippen LogP contribution in [0, 0.1) is 10.2 Å². The van der Waals surface area contributed by atoms with Crippen LogP contribution in [0.1, 0.15) is 49.9 Å². The van der Waals surface area contributed by atoms with E-state index < -0.39 is 6.10 Å². The quantitative estimate of drug-likeness (QED) is 0.717. The summed E-state index contributed by atoms with van der Waals surface area (Å²) in [4.78, 5) is 28.0. The van der Waals surface area contributed by atoms with Gasteiger partial charge in [-0.25, -0.2) is 0 Å². The molecular weight excluding hydrogens is 350 g/mol. The van der Waals surface area contributed by atoms with Crippen LogP contribution in [0.4, 0.5) is 0 Å². The van der Waals surface area contributed by atoms with Crippen LogP contribution in [0.5, 0.6) is 0 Å². The molecule has 1 fully saturated rings. The average Bonchev–Trinajstić information content (AvgIpc) is 2.62. The van der Waals surface area contributed by atoms with Gasteiger partial charge in [-0.05, 0) is 50.2 Å². The van der Waals surface area contributed by atoms with Crippen LogP contribution >= 0.6 is 12.2 Å². The van der Waals surface area contributed by atoms with E-state index in [1.165, 1.54) is 4.57 Å². The number of rotatable bonds is 4. The van der Waals surface area contributed by atoms with Gasteiger partial charge in [0.2, 0.25) is 0 Å². The summed E-state index contributed by atoms with van der Waals surface area (Å²) in [5.74, 6) is -0.218. The van der Waals surface area contributed by atoms with Gasteiger partial charge in [-0.2, -0.15) is 0 Å². The molecule has 1 amide bonds. The molecule has 2 atom stereocenters. The Morgan fingerprint density at radius 1 is 1.46 bits per heavy atom. The minimum Gasteiger partial charge on any atom is -0.392 e. The maximum Gasteiger partial charge on any atom is 0.262 e. The first-order valence-corrected chi connectivity index (χ1v) is 9.49. The molecule has 0 bridgehead atoms. The fraction of sp³-hybridized carbons (Fsp3) is 0.526. The van der Waals surface area contributed by atoms with Crippen molar-refractivity contribution in [3.63, 3.8) is 0 Å². The van der Waals surface area contributed by atoms with Gasteiger partial charge in [-0.15, -0.1) is 0 Å². The van der Waals surface area contributed by atoms with Gasteiger partial charge in [0.05, 0.1) is 17.0 Å². The normalized spacial score (nSPS) is 23.1. The van der Waals surface area contributed by atoms with Gasteiger partial charge >= 0.3 is 0 Å². The molecule has 1 aliphatic carbocycles. The van der Waals surface area contributed by atoms with Crippen LogP contribution in [0.15, 0.2) is 23.0 Å². The van der Waals surface area contributed by atoms with Gasteiger partial charge in [0.15, 0.2) is 4.77 Å². The van der Waals surface area contributed by atoms with Crippen LogP contribution in [0.3, 0.4) is 0 Å². The highest BCUT2D eigenvalue weighted by atomic mass is 32.1. The molecule has 1 heterocycles. The molecule has 3 N–H and O–H groups in total. The maximum atomic E-state index is 12.6. The summed E-state index contributed by atoms with van der Waals surface area (Å²) in [7, 11) is 0. The van der Waals surface area contributed by atoms with Crippen molar-refractivity contribution in [2.24, 2.45) is 5.41 Å². The molecule has 1 aromatic carbocycles. The summed E-state index contributed by atoms with van der Waals surface area (Å²) in [5.41, 5.74) is 0.572. The molecule has 0 radical (unpaired) electrons. The summed E-state index contributed by atoms with van der Waals surface area (Å²) >= 11 is 5.22. The predicted molar refractivity (Wildman–Crippen MR) is 104 cm³/mol. The Morgan fingerprint density at radius 2 is 2.23 bits per heavy atom. The number of hydrogen-bond acceptors (Lipinski definition) is 4. The summed E-state index contributed by atoms with van der Waals surface area (Å²) in [5, 5.41) is 13.7. The van der Waals surface area contributed by atoms with Crippen LogP contribution < -0.4 is 10.9 Å². The Hall–Kier alpha value is -1.99. The fourth-order valence-electron chi connectivity index (χ4n) is 3.65. The van der Waals surface area contributed by atoms with E-state index in [-0.39, 0.29) is 16.9 Å². The van der Waals surface area contributed by atoms with Gasteiger partial charge in [-0.1, -0.05) is 19.8 Å². The molecule has 26 heavy (non-hydrogen) atoms. The van der Waals surface area contributed by atoms with Crippen molar-refractivity contribution in [2.45, 2.75) is 52.2 Å². The van der Waals surface area contributed by atoms with Gasteiger partial charge in [0.25, 0.3) is 11.5 Å². The van der Waals surface area contributed by atoms with Crippen molar-refractivity contribution in [1.29, 1.82) is 0 Å². The predicted octanol–water partition coefficient (Wildman–Crippen LogP) is 2.75. The third kappa shape index (κ3) is 3.46. The van der Waals surface area contributed by atoms with E-state index in [4.69, 9.17) is 12.2 Å². The first kappa shape index (κ1) is 18.8. The van der Waals surface area contributed by atoms with E-state index in [1.54, 1.807) is 18.2 Å². The molecule has 1 aromatic heterocycles. The van der Waals surface area contributed by atoms with Gasteiger partial charge < -0.3 is 15.4 Å². The average molecular weight is 375 g/mol. The molecule has 0 unspecified atom stereocenters. The largest absolute Gasteiger partial charge is 0.392 e. The van der Waals surface area contributed by atoms with Crippen molar-refractivity contribution >= 4 is 29.0 Å². The molecule has 0 aliphatic heterocycles. The SMILES string of the molecule is CCn1c(=S)[nH]c2cc(C(=O)NC[C@]3(C)CCCC[C@H]3O)ccc2c1=O. The van der Waals surface area contributed by atoms with E-state index in [2.05, 4.69) is 10.3 Å². The lowest BCUT2D eigenvalue weighted by atomic mass is 9.73. The highest BCUT2D eigenvalue weighted by Crippen LogP contribution is 2.35. The number of benzene rings is 1. The molecule has 1 aliphatic rings. The number of nitrogens with one attached hydrogen (secondary N) is 2. The third-order valence-corrected chi connectivity index (χ3v) is 5.82. The number of aliphatic hydroxyl groups excluding tert-OH is 1. The van der Waals surface area contributed by atoms with Crippen molar-refractivity contribution in [1.82, 2.24) is 14.9 Å². The maximum absolute atomic E-state index is 12.6. The molecule has 0 saturated heterocycles. The number of aliphatic hydroxyl groups is 1. The molecular formula is C19H25N3O3S. The zero-order valence-electron chi connectivity index (χ0n) is 15.2. The number of carbonyl (C=O) groups is 1. The zero-order chi connectivity index (χ0) is 18.9. The lowest BCUT2D eigenvalue weighted by Crippen LogP contribution is -2.45. The minimum absolute atomic E-state index is 0.156. The number of carbonyl (C=O) groups excluding carboxylic acids is 1. The number of aromatic nitrogens is 2. The number of fused-ring (bicyclic) bond motifs is 1. The second kappa shape index (κ2) is 7.32. The van der Waals surface area contributed by atoms with Gasteiger partial charge in [0, 0.05) is 24.1 Å². The van der Waals surface area contributed by atoms with Crippen molar-refractivity contribution in [3.05, 3.63) is 38.9 Å². The fourth-order valence-corrected chi connectivity index (χ4v) is 3.98. The lowest BCUT2D eigenvalue weighted by Gasteiger charge is -2.38. The van der Waals surface area contributed by atoms with E-state index in [0.717, 1.165) is 25.7 Å². The molecule has 7 heteroatoms. The van der Waals surface area contributed by atoms with Gasteiger partial charge in [0.1, 0.15) is 0 Å². The Balaban J connectivity index is 1.83. The van der Waals surface area contributed by atoms with Crippen LogP contribution in [0.25, 0.3) is 10.9 Å². The smallest absolute Gasteiger partial charge is 0.262 e. The topological polar surface area (TPSA) is 87.1 Å². The second-order valence-corrected chi connectivity index (χ2v) is 7.72. The summed E-state index contributed by atoms with van der Waals surface area (Å²) in [6.45, 7) is 4.80. The summed E-state index contributed by atoms with van der Waals surface area (Å²) in [6, 6.07) is 4.96. The van der Waals surface area contributed by atoms with Crippen molar-refractivity contribution in [3.8, 4) is 0 Å². The van der Waals surface area contributed by atoms with Gasteiger partial charge in [-0.3, -0.25) is 14.2 Å². The molecule has 6 nitrogen and oxygen atoms in total. The highest BCUT2D eigenvalue weighted by molar-refractivity contribution is 7.71. The van der Waals surface area contributed by atoms with Crippen LogP contribution in [0.2, 0.25) is 0 Å². The number of nitrogens with zero attached hydrogens (tertiary/aromatic N) is 1. The monoisotopic (exact) mass is 375 g/mol. The second-order valence-electron chi connectivity index (χ2n) is 7.34. The number of amides is 1. The van der Waals surface area contributed by atoms with E-state index >= 15 is 0 Å². The highest BCUT2D eigenvalue weighted by Gasteiger charge is 2.35. The van der Waals surface area contributed by atoms with Crippen molar-refractivity contribution in [2.75, 3.05) is 6.54 Å². The van der Waals surface area contributed by atoms with E-state index in [0.29, 0.717) is 34.3 Å². The van der Waals surface area contributed by atoms with Crippen LogP contribution in [-0.4, -0.2) is 33.2 Å². The number of aromatic amines is 1. The zero-order valence-corrected chi connectivity index (χ0v) is 16.0. The lowest BCUT2D eigenvalue weighted by molar-refractivity contribution is 0.00190. The Bertz CT molecular complexity index is 949. The standard InChI is InChI=1S/C19H25N3O3S/c1-3-22-17(25)13-8-7-12(10-14(13)21-18(22)26)16(24)20-11-19(2)9-5-4-6-15(19)23/h7-8,10,15,23H,3-6,9,11H2,1-2H3,(H,20,24)(H,21,26)/t15-,19+/m1/s1. The number of hydrogen-bond donors (Lipinski definition) is 3. The van der Waals surface area contributed by atoms with E-state index in [1.807, 2.05) is 13.8 Å². The summed E-state index contributed by atoms with van der Waals surface area (Å²) < 4.78 is 1.84. The molecule has 2 aromatic rings. The Kier molecular flexibility index (Phi) is 5.29. The first-order chi connectivity index (χ1) is 12.4. The summed E-state index contributed by atoms with van der Waals surface area (Å²) in [6.07, 6.45) is 3.39. The van der Waals surface area contributed by atoms with Crippen molar-refractivity contribution < 1.29 is 9.90 Å². The molecule has 140 valence electrons. The first-order valence-electron chi connectivity index (χ1n) is 9.09. The third-order valence-electron chi connectivity index (χ3n) is 5.49. The minimum atomic E-state index is -0.392. The van der Waals surface area contributed by atoms with E-state index in [9.17, 15) is 14.7 Å². The molecule has 3 rings (SSSR count). The Labute approximate surface area is 157 Å². The Morgan fingerprint density at radius 3 is 2.92 bits per heavy atom. The number of H-pyrrole nitrogens is 1. The van der Waals surface area contributed by atoms with Crippen LogP contribution in [-0.2, 0) is 6.54 Å². The molecule has 1 saturated carbocycles. The molecule has 0 spiro atoms.